The van der Waals surface area contributed by atoms with Crippen molar-refractivity contribution < 1.29 is 9.53 Å². The molecular formula is C20H21N5O2S. The SMILES string of the molecule is COc1ccc(N2CCN(C(=O)c3snc(-c4ccncc4)c3N)CC2)cc1. The van der Waals surface area contributed by atoms with Crippen LogP contribution >= 0.6 is 11.5 Å². The molecular weight excluding hydrogens is 374 g/mol. The molecule has 1 saturated heterocycles. The number of rotatable bonds is 4. The van der Waals surface area contributed by atoms with Crippen molar-refractivity contribution in [2.24, 2.45) is 0 Å². The van der Waals surface area contributed by atoms with E-state index in [9.17, 15) is 4.79 Å². The molecule has 0 saturated carbocycles. The maximum Gasteiger partial charge on any atom is 0.267 e. The molecule has 7 nitrogen and oxygen atoms in total. The quantitative estimate of drug-likeness (QED) is 0.731. The zero-order chi connectivity index (χ0) is 19.5. The highest BCUT2D eigenvalue weighted by Gasteiger charge is 2.26. The van der Waals surface area contributed by atoms with Crippen molar-refractivity contribution in [3.05, 3.63) is 53.7 Å². The summed E-state index contributed by atoms with van der Waals surface area (Å²) < 4.78 is 9.61. The monoisotopic (exact) mass is 395 g/mol. The van der Waals surface area contributed by atoms with E-state index in [1.807, 2.05) is 41.3 Å². The van der Waals surface area contributed by atoms with E-state index in [-0.39, 0.29) is 5.91 Å². The van der Waals surface area contributed by atoms with Gasteiger partial charge in [0, 0.05) is 49.8 Å². The number of carbonyl (C=O) groups excluding carboxylic acids is 1. The first-order chi connectivity index (χ1) is 13.7. The van der Waals surface area contributed by atoms with E-state index in [1.165, 1.54) is 0 Å². The molecule has 3 heterocycles. The number of methoxy groups -OCH3 is 1. The average molecular weight is 395 g/mol. The summed E-state index contributed by atoms with van der Waals surface area (Å²) >= 11 is 1.16. The summed E-state index contributed by atoms with van der Waals surface area (Å²) in [6, 6.07) is 11.7. The number of carbonyl (C=O) groups is 1. The van der Waals surface area contributed by atoms with Crippen molar-refractivity contribution in [2.75, 3.05) is 43.9 Å². The number of aromatic nitrogens is 2. The average Bonchev–Trinajstić information content (AvgIpc) is 3.15. The molecule has 1 aliphatic heterocycles. The summed E-state index contributed by atoms with van der Waals surface area (Å²) in [4.78, 5) is 21.6. The van der Waals surface area contributed by atoms with Crippen LogP contribution in [0.2, 0.25) is 0 Å². The second kappa shape index (κ2) is 7.85. The molecule has 0 atom stereocenters. The molecule has 0 bridgehead atoms. The lowest BCUT2D eigenvalue weighted by Crippen LogP contribution is -2.48. The third kappa shape index (κ3) is 3.50. The van der Waals surface area contributed by atoms with Crippen LogP contribution in [0.3, 0.4) is 0 Å². The van der Waals surface area contributed by atoms with Gasteiger partial charge in [-0.15, -0.1) is 0 Å². The number of nitrogens with zero attached hydrogens (tertiary/aromatic N) is 4. The Morgan fingerprint density at radius 2 is 1.75 bits per heavy atom. The Morgan fingerprint density at radius 1 is 1.07 bits per heavy atom. The van der Waals surface area contributed by atoms with Crippen molar-refractivity contribution in [3.63, 3.8) is 0 Å². The van der Waals surface area contributed by atoms with Gasteiger partial charge in [0.15, 0.2) is 0 Å². The zero-order valence-corrected chi connectivity index (χ0v) is 16.4. The summed E-state index contributed by atoms with van der Waals surface area (Å²) in [5.74, 6) is 0.785. The first-order valence-electron chi connectivity index (χ1n) is 9.01. The highest BCUT2D eigenvalue weighted by Crippen LogP contribution is 2.31. The van der Waals surface area contributed by atoms with Crippen LogP contribution in [0.1, 0.15) is 9.67 Å². The molecule has 2 aromatic heterocycles. The molecule has 0 unspecified atom stereocenters. The lowest BCUT2D eigenvalue weighted by Gasteiger charge is -2.36. The van der Waals surface area contributed by atoms with Gasteiger partial charge in [0.05, 0.1) is 12.8 Å². The summed E-state index contributed by atoms with van der Waals surface area (Å²) in [5.41, 5.74) is 9.33. The molecule has 1 fully saturated rings. The molecule has 28 heavy (non-hydrogen) atoms. The van der Waals surface area contributed by atoms with Gasteiger partial charge < -0.3 is 20.3 Å². The Morgan fingerprint density at radius 3 is 2.39 bits per heavy atom. The number of anilines is 2. The van der Waals surface area contributed by atoms with Crippen molar-refractivity contribution in [1.82, 2.24) is 14.3 Å². The van der Waals surface area contributed by atoms with Crippen molar-refractivity contribution >= 4 is 28.8 Å². The second-order valence-electron chi connectivity index (χ2n) is 6.49. The van der Waals surface area contributed by atoms with Crippen LogP contribution < -0.4 is 15.4 Å². The van der Waals surface area contributed by atoms with E-state index < -0.39 is 0 Å². The Balaban J connectivity index is 1.43. The van der Waals surface area contributed by atoms with Gasteiger partial charge in [0.25, 0.3) is 5.91 Å². The fraction of sp³-hybridized carbons (Fsp3) is 0.250. The lowest BCUT2D eigenvalue weighted by atomic mass is 10.1. The van der Waals surface area contributed by atoms with Crippen LogP contribution in [0.5, 0.6) is 5.75 Å². The summed E-state index contributed by atoms with van der Waals surface area (Å²) in [6.45, 7) is 2.83. The molecule has 1 aliphatic rings. The minimum absolute atomic E-state index is 0.0512. The Kier molecular flexibility index (Phi) is 5.12. The third-order valence-corrected chi connectivity index (χ3v) is 5.73. The van der Waals surface area contributed by atoms with Crippen LogP contribution in [-0.2, 0) is 0 Å². The molecule has 4 rings (SSSR count). The molecule has 0 spiro atoms. The number of amides is 1. The molecule has 0 aliphatic carbocycles. The fourth-order valence-electron chi connectivity index (χ4n) is 3.27. The summed E-state index contributed by atoms with van der Waals surface area (Å²) in [7, 11) is 1.66. The molecule has 3 aromatic rings. The highest BCUT2D eigenvalue weighted by atomic mass is 32.1. The number of hydrogen-bond donors (Lipinski definition) is 1. The number of piperazine rings is 1. The van der Waals surface area contributed by atoms with Crippen LogP contribution in [0, 0.1) is 0 Å². The van der Waals surface area contributed by atoms with E-state index in [4.69, 9.17) is 10.5 Å². The molecule has 8 heteroatoms. The van der Waals surface area contributed by atoms with Crippen LogP contribution in [0.4, 0.5) is 11.4 Å². The van der Waals surface area contributed by atoms with Crippen LogP contribution in [0.15, 0.2) is 48.8 Å². The molecule has 1 aromatic carbocycles. The Labute approximate surface area is 167 Å². The van der Waals surface area contributed by atoms with Crippen molar-refractivity contribution in [2.45, 2.75) is 0 Å². The van der Waals surface area contributed by atoms with Gasteiger partial charge in [0.1, 0.15) is 16.3 Å². The minimum atomic E-state index is -0.0512. The second-order valence-corrected chi connectivity index (χ2v) is 7.26. The number of nitrogens with two attached hydrogens (primary N) is 1. The van der Waals surface area contributed by atoms with Gasteiger partial charge in [-0.2, -0.15) is 4.37 Å². The van der Waals surface area contributed by atoms with Crippen molar-refractivity contribution in [3.8, 4) is 17.0 Å². The largest absolute Gasteiger partial charge is 0.497 e. The molecule has 0 radical (unpaired) electrons. The van der Waals surface area contributed by atoms with Gasteiger partial charge >= 0.3 is 0 Å². The van der Waals surface area contributed by atoms with Gasteiger partial charge in [0.2, 0.25) is 0 Å². The standard InChI is InChI=1S/C20H21N5O2S/c1-27-16-4-2-15(3-5-16)24-10-12-25(13-11-24)20(26)19-17(21)18(23-28-19)14-6-8-22-9-7-14/h2-9H,10-13,21H2,1H3. The zero-order valence-electron chi connectivity index (χ0n) is 15.5. The molecule has 144 valence electrons. The Bertz CT molecular complexity index is 950. The number of ether oxygens (including phenoxy) is 1. The summed E-state index contributed by atoms with van der Waals surface area (Å²) in [6.07, 6.45) is 3.38. The topological polar surface area (TPSA) is 84.6 Å². The first kappa shape index (κ1) is 18.2. The Hall–Kier alpha value is -3.13. The smallest absolute Gasteiger partial charge is 0.267 e. The van der Waals surface area contributed by atoms with Crippen LogP contribution in [-0.4, -0.2) is 53.5 Å². The number of pyridine rings is 1. The third-order valence-electron chi connectivity index (χ3n) is 4.88. The highest BCUT2D eigenvalue weighted by molar-refractivity contribution is 7.09. The van der Waals surface area contributed by atoms with Gasteiger partial charge in [-0.3, -0.25) is 9.78 Å². The van der Waals surface area contributed by atoms with E-state index in [0.717, 1.165) is 41.6 Å². The number of benzene rings is 1. The van der Waals surface area contributed by atoms with E-state index in [2.05, 4.69) is 14.3 Å². The maximum absolute atomic E-state index is 13.0. The normalized spacial score (nSPS) is 14.2. The fourth-order valence-corrected chi connectivity index (χ4v) is 4.06. The van der Waals surface area contributed by atoms with Gasteiger partial charge in [-0.1, -0.05) is 0 Å². The van der Waals surface area contributed by atoms with Gasteiger partial charge in [-0.25, -0.2) is 0 Å². The van der Waals surface area contributed by atoms with Crippen molar-refractivity contribution in [1.29, 1.82) is 0 Å². The van der Waals surface area contributed by atoms with Crippen LogP contribution in [0.25, 0.3) is 11.3 Å². The predicted molar refractivity (Wildman–Crippen MR) is 111 cm³/mol. The van der Waals surface area contributed by atoms with Gasteiger partial charge in [-0.05, 0) is 47.9 Å². The predicted octanol–water partition coefficient (Wildman–Crippen LogP) is 2.76. The minimum Gasteiger partial charge on any atom is -0.497 e. The molecule has 1 amide bonds. The molecule has 2 N–H and O–H groups in total. The maximum atomic E-state index is 13.0. The van der Waals surface area contributed by atoms with E-state index in [0.29, 0.717) is 29.3 Å². The summed E-state index contributed by atoms with van der Waals surface area (Å²) in [5, 5.41) is 0. The lowest BCUT2D eigenvalue weighted by molar-refractivity contribution is 0.0752. The number of hydrogen-bond acceptors (Lipinski definition) is 7. The number of nitrogen functional groups attached to an aromatic ring is 1. The van der Waals surface area contributed by atoms with E-state index in [1.54, 1.807) is 19.5 Å². The first-order valence-corrected chi connectivity index (χ1v) is 9.78. The van der Waals surface area contributed by atoms with E-state index >= 15 is 0 Å².